The summed E-state index contributed by atoms with van der Waals surface area (Å²) in [4.78, 5) is 22.6. The fraction of sp³-hybridized carbons (Fsp3) is 0.364. The highest BCUT2D eigenvalue weighted by Gasteiger charge is 2.30. The third-order valence-corrected chi connectivity index (χ3v) is 5.41. The number of hydrogen-bond donors (Lipinski definition) is 1. The van der Waals surface area contributed by atoms with E-state index < -0.39 is 11.9 Å². The summed E-state index contributed by atoms with van der Waals surface area (Å²) in [5.74, 6) is -0.00336. The number of benzene rings is 1. The van der Waals surface area contributed by atoms with E-state index in [0.29, 0.717) is 25.4 Å². The minimum absolute atomic E-state index is 0.0671. The molecule has 146 valence electrons. The lowest BCUT2D eigenvalue weighted by Crippen LogP contribution is -2.45. The summed E-state index contributed by atoms with van der Waals surface area (Å²) in [6, 6.07) is 12.3. The molecule has 28 heavy (non-hydrogen) atoms. The fourth-order valence-corrected chi connectivity index (χ4v) is 3.81. The molecule has 1 N–H and O–H groups in total. The van der Waals surface area contributed by atoms with E-state index >= 15 is 0 Å². The number of aromatic nitrogens is 2. The predicted octanol–water partition coefficient (Wildman–Crippen LogP) is 4.27. The van der Waals surface area contributed by atoms with Crippen molar-refractivity contribution in [3.8, 4) is 5.75 Å². The second kappa shape index (κ2) is 8.00. The number of para-hydroxylation sites is 1. The Morgan fingerprint density at radius 2 is 2.07 bits per heavy atom. The van der Waals surface area contributed by atoms with E-state index in [1.807, 2.05) is 24.0 Å². The maximum absolute atomic E-state index is 13.9. The minimum Gasteiger partial charge on any atom is -0.478 e. The van der Waals surface area contributed by atoms with Gasteiger partial charge in [-0.15, -0.1) is 0 Å². The second-order valence-electron chi connectivity index (χ2n) is 7.21. The minimum atomic E-state index is -0.661. The number of nitrogens with zero attached hydrogens (tertiary/aromatic N) is 2. The summed E-state index contributed by atoms with van der Waals surface area (Å²) < 4.78 is 19.5. The Morgan fingerprint density at radius 3 is 2.79 bits per heavy atom. The van der Waals surface area contributed by atoms with E-state index in [4.69, 9.17) is 4.74 Å². The van der Waals surface area contributed by atoms with Gasteiger partial charge in [-0.3, -0.25) is 9.78 Å². The van der Waals surface area contributed by atoms with Gasteiger partial charge < -0.3 is 14.6 Å². The topological polar surface area (TPSA) is 58.2 Å². The van der Waals surface area contributed by atoms with Crippen LogP contribution in [-0.4, -0.2) is 40.0 Å². The van der Waals surface area contributed by atoms with Crippen LogP contribution in [0.1, 0.15) is 37.8 Å². The zero-order chi connectivity index (χ0) is 19.5. The Morgan fingerprint density at radius 1 is 1.29 bits per heavy atom. The number of rotatable bonds is 5. The summed E-state index contributed by atoms with van der Waals surface area (Å²) in [5.41, 5.74) is 3.19. The smallest absolute Gasteiger partial charge is 0.263 e. The summed E-state index contributed by atoms with van der Waals surface area (Å²) in [5, 5.41) is 0. The Kier molecular flexibility index (Phi) is 5.28. The van der Waals surface area contributed by atoms with Crippen molar-refractivity contribution in [1.82, 2.24) is 14.9 Å². The van der Waals surface area contributed by atoms with Crippen LogP contribution < -0.4 is 4.74 Å². The first-order chi connectivity index (χ1) is 13.7. The zero-order valence-electron chi connectivity index (χ0n) is 15.9. The molecule has 1 amide bonds. The van der Waals surface area contributed by atoms with E-state index in [0.717, 1.165) is 23.9 Å². The van der Waals surface area contributed by atoms with Crippen LogP contribution in [0.3, 0.4) is 0 Å². The van der Waals surface area contributed by atoms with Crippen molar-refractivity contribution in [2.75, 3.05) is 13.1 Å². The highest BCUT2D eigenvalue weighted by molar-refractivity contribution is 5.81. The number of hydrogen-bond acceptors (Lipinski definition) is 3. The molecule has 4 rings (SSSR count). The van der Waals surface area contributed by atoms with E-state index in [9.17, 15) is 9.18 Å². The standard InChI is InChI=1S/C22H24FN3O2/c1-2-20(28-21-8-4-3-6-16(21)23)22(27)26-12-9-15(10-13-26)18-14-19-17(25-18)7-5-11-24-19/h3-8,11,14-15,20,25H,2,9-10,12-13H2,1H3/t20-/m1/s1. The molecule has 5 nitrogen and oxygen atoms in total. The summed E-state index contributed by atoms with van der Waals surface area (Å²) in [6.45, 7) is 3.22. The van der Waals surface area contributed by atoms with Crippen molar-refractivity contribution in [2.24, 2.45) is 0 Å². The molecule has 0 unspecified atom stereocenters. The normalized spacial score (nSPS) is 16.3. The number of H-pyrrole nitrogens is 1. The number of pyridine rings is 1. The Hall–Kier alpha value is -2.89. The van der Waals surface area contributed by atoms with Gasteiger partial charge in [-0.2, -0.15) is 0 Å². The number of carbonyl (C=O) groups is 1. The molecule has 3 heterocycles. The van der Waals surface area contributed by atoms with Crippen LogP contribution in [0.4, 0.5) is 4.39 Å². The predicted molar refractivity (Wildman–Crippen MR) is 106 cm³/mol. The average Bonchev–Trinajstić information content (AvgIpc) is 3.17. The average molecular weight is 381 g/mol. The van der Waals surface area contributed by atoms with E-state index in [-0.39, 0.29) is 11.7 Å². The van der Waals surface area contributed by atoms with Crippen LogP contribution in [0.2, 0.25) is 0 Å². The molecule has 1 atom stereocenters. The number of amides is 1. The molecule has 0 radical (unpaired) electrons. The van der Waals surface area contributed by atoms with Crippen molar-refractivity contribution < 1.29 is 13.9 Å². The molecule has 1 aliphatic rings. The third-order valence-electron chi connectivity index (χ3n) is 5.41. The summed E-state index contributed by atoms with van der Waals surface area (Å²) in [7, 11) is 0. The lowest BCUT2D eigenvalue weighted by Gasteiger charge is -2.33. The quantitative estimate of drug-likeness (QED) is 0.718. The fourth-order valence-electron chi connectivity index (χ4n) is 3.81. The van der Waals surface area contributed by atoms with Crippen molar-refractivity contribution >= 4 is 16.9 Å². The van der Waals surface area contributed by atoms with E-state index in [1.165, 1.54) is 11.8 Å². The van der Waals surface area contributed by atoms with Gasteiger partial charge in [0.25, 0.3) is 5.91 Å². The monoisotopic (exact) mass is 381 g/mol. The molecule has 1 saturated heterocycles. The first-order valence-electron chi connectivity index (χ1n) is 9.79. The highest BCUT2D eigenvalue weighted by atomic mass is 19.1. The number of halogens is 1. The Balaban J connectivity index is 1.39. The molecular formula is C22H24FN3O2. The molecule has 0 saturated carbocycles. The molecule has 6 heteroatoms. The first-order valence-corrected chi connectivity index (χ1v) is 9.79. The van der Waals surface area contributed by atoms with Crippen LogP contribution in [0.5, 0.6) is 5.75 Å². The molecule has 3 aromatic rings. The maximum Gasteiger partial charge on any atom is 0.263 e. The highest BCUT2D eigenvalue weighted by Crippen LogP contribution is 2.30. The number of fused-ring (bicyclic) bond motifs is 1. The summed E-state index contributed by atoms with van der Waals surface area (Å²) in [6.07, 6.45) is 3.40. The SMILES string of the molecule is CC[C@@H](Oc1ccccc1F)C(=O)N1CCC(c2cc3ncccc3[nH]2)CC1. The second-order valence-corrected chi connectivity index (χ2v) is 7.21. The van der Waals surface area contributed by atoms with Crippen LogP contribution in [0.15, 0.2) is 48.7 Å². The van der Waals surface area contributed by atoms with Crippen molar-refractivity contribution in [2.45, 2.75) is 38.2 Å². The van der Waals surface area contributed by atoms with Gasteiger partial charge in [0.2, 0.25) is 0 Å². The number of aromatic amines is 1. The number of nitrogens with one attached hydrogen (secondary N) is 1. The summed E-state index contributed by atoms with van der Waals surface area (Å²) >= 11 is 0. The molecule has 0 aliphatic carbocycles. The van der Waals surface area contributed by atoms with E-state index in [2.05, 4.69) is 16.0 Å². The maximum atomic E-state index is 13.9. The molecule has 1 aliphatic heterocycles. The molecular weight excluding hydrogens is 357 g/mol. The zero-order valence-corrected chi connectivity index (χ0v) is 15.9. The number of likely N-dealkylation sites (tertiary alicyclic amines) is 1. The lowest BCUT2D eigenvalue weighted by atomic mass is 9.93. The third kappa shape index (κ3) is 3.72. The van der Waals surface area contributed by atoms with Gasteiger partial charge in [0.1, 0.15) is 0 Å². The van der Waals surface area contributed by atoms with Gasteiger partial charge in [-0.1, -0.05) is 19.1 Å². The van der Waals surface area contributed by atoms with Gasteiger partial charge in [-0.25, -0.2) is 4.39 Å². The van der Waals surface area contributed by atoms with Gasteiger partial charge >= 0.3 is 0 Å². The van der Waals surface area contributed by atoms with Gasteiger partial charge in [0, 0.05) is 30.9 Å². The van der Waals surface area contributed by atoms with Crippen molar-refractivity contribution in [1.29, 1.82) is 0 Å². The number of carbonyl (C=O) groups excluding carboxylic acids is 1. The Labute approximate surface area is 163 Å². The molecule has 0 bridgehead atoms. The van der Waals surface area contributed by atoms with Gasteiger partial charge in [-0.05, 0) is 49.6 Å². The van der Waals surface area contributed by atoms with Gasteiger partial charge in [0.15, 0.2) is 17.7 Å². The largest absolute Gasteiger partial charge is 0.478 e. The Bertz CT molecular complexity index is 930. The molecule has 1 fully saturated rings. The van der Waals surface area contributed by atoms with Crippen molar-refractivity contribution in [3.05, 3.63) is 60.2 Å². The van der Waals surface area contributed by atoms with Crippen LogP contribution in [0.25, 0.3) is 11.0 Å². The van der Waals surface area contributed by atoms with Crippen LogP contribution in [0, 0.1) is 5.82 Å². The van der Waals surface area contributed by atoms with Crippen LogP contribution >= 0.6 is 0 Å². The first kappa shape index (κ1) is 18.5. The number of ether oxygens (including phenoxy) is 1. The molecule has 2 aromatic heterocycles. The lowest BCUT2D eigenvalue weighted by molar-refractivity contribution is -0.140. The molecule has 0 spiro atoms. The van der Waals surface area contributed by atoms with Gasteiger partial charge in [0.05, 0.1) is 11.0 Å². The molecule has 1 aromatic carbocycles. The number of piperidine rings is 1. The van der Waals surface area contributed by atoms with Crippen molar-refractivity contribution in [3.63, 3.8) is 0 Å². The van der Waals surface area contributed by atoms with E-state index in [1.54, 1.807) is 24.4 Å². The van der Waals surface area contributed by atoms with Crippen LogP contribution in [-0.2, 0) is 4.79 Å².